The minimum Gasteiger partial charge on any atom is -0.338 e. The summed E-state index contributed by atoms with van der Waals surface area (Å²) in [6.45, 7) is 0. The van der Waals surface area contributed by atoms with Crippen molar-refractivity contribution in [2.45, 2.75) is 36.1 Å². The smallest absolute Gasteiger partial charge is 0.211 e. The molecule has 0 amide bonds. The molecule has 0 aliphatic heterocycles. The standard InChI is InChI=1S/C21H20N4S/c1-2-6-15(7-3-1)18(13-12-14-10-11-14)26-21-23-20-19(24-25-21)16-8-4-5-9-17(16)22-20/h1-9,14,18H,10-13H2,(H,22,23,25). The van der Waals surface area contributed by atoms with Gasteiger partial charge in [-0.1, -0.05) is 73.1 Å². The van der Waals surface area contributed by atoms with Gasteiger partial charge in [0.15, 0.2) is 5.65 Å². The van der Waals surface area contributed by atoms with Crippen LogP contribution in [0, 0.1) is 5.92 Å². The summed E-state index contributed by atoms with van der Waals surface area (Å²) in [4.78, 5) is 8.12. The Kier molecular flexibility index (Phi) is 4.09. The van der Waals surface area contributed by atoms with Gasteiger partial charge in [-0.3, -0.25) is 0 Å². The fraction of sp³-hybridized carbons (Fsp3) is 0.286. The SMILES string of the molecule is c1ccc(C(CCC2CC2)Sc2nnc3c(n2)[nH]c2ccccc23)cc1. The van der Waals surface area contributed by atoms with Crippen molar-refractivity contribution < 1.29 is 0 Å². The van der Waals surface area contributed by atoms with Gasteiger partial charge >= 0.3 is 0 Å². The fourth-order valence-electron chi connectivity index (χ4n) is 3.44. The number of hydrogen-bond acceptors (Lipinski definition) is 4. The molecule has 1 unspecified atom stereocenters. The number of H-pyrrole nitrogens is 1. The van der Waals surface area contributed by atoms with Crippen LogP contribution in [0.3, 0.4) is 0 Å². The molecule has 2 aromatic heterocycles. The van der Waals surface area contributed by atoms with Crippen molar-refractivity contribution in [2.24, 2.45) is 5.92 Å². The van der Waals surface area contributed by atoms with Gasteiger partial charge in [0.05, 0.1) is 0 Å². The van der Waals surface area contributed by atoms with Crippen LogP contribution in [0.5, 0.6) is 0 Å². The Hall–Kier alpha value is -2.40. The number of nitrogens with zero attached hydrogens (tertiary/aromatic N) is 3. The highest BCUT2D eigenvalue weighted by Gasteiger charge is 2.24. The quantitative estimate of drug-likeness (QED) is 0.459. The normalized spacial score (nSPS) is 15.5. The molecule has 26 heavy (non-hydrogen) atoms. The van der Waals surface area contributed by atoms with E-state index in [0.29, 0.717) is 5.25 Å². The molecule has 0 saturated heterocycles. The molecule has 4 nitrogen and oxygen atoms in total. The van der Waals surface area contributed by atoms with Crippen LogP contribution < -0.4 is 0 Å². The van der Waals surface area contributed by atoms with Crippen LogP contribution in [0.25, 0.3) is 22.1 Å². The molecular weight excluding hydrogens is 340 g/mol. The molecule has 2 aromatic carbocycles. The topological polar surface area (TPSA) is 54.5 Å². The van der Waals surface area contributed by atoms with Crippen molar-refractivity contribution in [1.29, 1.82) is 0 Å². The van der Waals surface area contributed by atoms with Gasteiger partial charge in [0.2, 0.25) is 5.16 Å². The van der Waals surface area contributed by atoms with Gasteiger partial charge in [0, 0.05) is 16.2 Å². The highest BCUT2D eigenvalue weighted by molar-refractivity contribution is 7.99. The number of benzene rings is 2. The first-order valence-corrected chi connectivity index (χ1v) is 10.1. The largest absolute Gasteiger partial charge is 0.338 e. The Morgan fingerprint density at radius 3 is 2.65 bits per heavy atom. The van der Waals surface area contributed by atoms with Crippen LogP contribution in [-0.4, -0.2) is 20.2 Å². The van der Waals surface area contributed by atoms with Gasteiger partial charge in [-0.15, -0.1) is 10.2 Å². The summed E-state index contributed by atoms with van der Waals surface area (Å²) in [5, 5.41) is 11.1. The number of thioether (sulfide) groups is 1. The molecule has 130 valence electrons. The van der Waals surface area contributed by atoms with Crippen LogP contribution in [0.4, 0.5) is 0 Å². The second kappa shape index (κ2) is 6.72. The fourth-order valence-corrected chi connectivity index (χ4v) is 4.47. The monoisotopic (exact) mass is 360 g/mol. The van der Waals surface area contributed by atoms with Gasteiger partial charge in [-0.2, -0.15) is 0 Å². The zero-order valence-electron chi connectivity index (χ0n) is 14.4. The second-order valence-electron chi connectivity index (χ2n) is 7.00. The first-order valence-electron chi connectivity index (χ1n) is 9.19. The average molecular weight is 360 g/mol. The third-order valence-corrected chi connectivity index (χ3v) is 6.23. The van der Waals surface area contributed by atoms with Gasteiger partial charge in [-0.05, 0) is 30.4 Å². The van der Waals surface area contributed by atoms with Crippen LogP contribution in [0.1, 0.15) is 36.5 Å². The van der Waals surface area contributed by atoms with E-state index in [4.69, 9.17) is 4.98 Å². The predicted octanol–water partition coefficient (Wildman–Crippen LogP) is 5.53. The first kappa shape index (κ1) is 15.8. The lowest BCUT2D eigenvalue weighted by Gasteiger charge is -2.15. The Morgan fingerprint density at radius 1 is 1.00 bits per heavy atom. The number of hydrogen-bond donors (Lipinski definition) is 1. The van der Waals surface area contributed by atoms with Gasteiger partial charge in [0.25, 0.3) is 0 Å². The summed E-state index contributed by atoms with van der Waals surface area (Å²) in [5.74, 6) is 0.928. The average Bonchev–Trinajstić information content (AvgIpc) is 3.44. The maximum Gasteiger partial charge on any atom is 0.211 e. The molecule has 1 saturated carbocycles. The summed E-state index contributed by atoms with van der Waals surface area (Å²) in [6.07, 6.45) is 5.23. The van der Waals surface area contributed by atoms with E-state index < -0.39 is 0 Å². The van der Waals surface area contributed by atoms with Crippen LogP contribution in [0.2, 0.25) is 0 Å². The number of rotatable bonds is 6. The van der Waals surface area contributed by atoms with E-state index in [2.05, 4.69) is 51.6 Å². The van der Waals surface area contributed by atoms with Crippen molar-refractivity contribution in [1.82, 2.24) is 20.2 Å². The molecule has 0 radical (unpaired) electrons. The van der Waals surface area contributed by atoms with Gasteiger partial charge < -0.3 is 4.98 Å². The third-order valence-electron chi connectivity index (χ3n) is 5.06. The minimum atomic E-state index is 0.375. The lowest BCUT2D eigenvalue weighted by atomic mass is 10.1. The maximum atomic E-state index is 4.75. The molecule has 0 spiro atoms. The van der Waals surface area contributed by atoms with Crippen molar-refractivity contribution in [3.05, 3.63) is 60.2 Å². The molecule has 5 heteroatoms. The van der Waals surface area contributed by atoms with E-state index >= 15 is 0 Å². The summed E-state index contributed by atoms with van der Waals surface area (Å²) < 4.78 is 0. The molecule has 1 aliphatic rings. The Balaban J connectivity index is 1.45. The molecule has 1 aliphatic carbocycles. The van der Waals surface area contributed by atoms with Crippen molar-refractivity contribution in [3.63, 3.8) is 0 Å². The van der Waals surface area contributed by atoms with Gasteiger partial charge in [0.1, 0.15) is 5.52 Å². The Bertz CT molecular complexity index is 1040. The van der Waals surface area contributed by atoms with E-state index in [0.717, 1.165) is 39.6 Å². The molecule has 1 N–H and O–H groups in total. The van der Waals surface area contributed by atoms with Crippen LogP contribution >= 0.6 is 11.8 Å². The summed E-state index contributed by atoms with van der Waals surface area (Å²) in [5.41, 5.74) is 4.06. The maximum absolute atomic E-state index is 4.75. The third kappa shape index (κ3) is 3.19. The lowest BCUT2D eigenvalue weighted by molar-refractivity contribution is 0.656. The highest BCUT2D eigenvalue weighted by atomic mass is 32.2. The second-order valence-corrected chi connectivity index (χ2v) is 8.17. The summed E-state index contributed by atoms with van der Waals surface area (Å²) >= 11 is 1.73. The van der Waals surface area contributed by atoms with Crippen molar-refractivity contribution in [2.75, 3.05) is 0 Å². The molecular formula is C21H20N4S. The van der Waals surface area contributed by atoms with E-state index in [1.807, 2.05) is 18.2 Å². The van der Waals surface area contributed by atoms with Crippen molar-refractivity contribution >= 4 is 33.8 Å². The number of fused-ring (bicyclic) bond motifs is 3. The minimum absolute atomic E-state index is 0.375. The Labute approximate surface area is 156 Å². The number of para-hydroxylation sites is 1. The molecule has 1 fully saturated rings. The lowest BCUT2D eigenvalue weighted by Crippen LogP contribution is -1.99. The zero-order valence-corrected chi connectivity index (χ0v) is 15.2. The molecule has 1 atom stereocenters. The number of aromatic nitrogens is 4. The Morgan fingerprint density at radius 2 is 1.81 bits per heavy atom. The van der Waals surface area contributed by atoms with Crippen LogP contribution in [0.15, 0.2) is 59.8 Å². The van der Waals surface area contributed by atoms with E-state index in [1.54, 1.807) is 11.8 Å². The van der Waals surface area contributed by atoms with Crippen LogP contribution in [-0.2, 0) is 0 Å². The highest BCUT2D eigenvalue weighted by Crippen LogP contribution is 2.42. The van der Waals surface area contributed by atoms with E-state index in [-0.39, 0.29) is 0 Å². The molecule has 2 heterocycles. The predicted molar refractivity (Wildman–Crippen MR) is 106 cm³/mol. The number of nitrogens with one attached hydrogen (secondary N) is 1. The van der Waals surface area contributed by atoms with E-state index in [9.17, 15) is 0 Å². The number of aromatic amines is 1. The molecule has 0 bridgehead atoms. The first-order chi connectivity index (χ1) is 12.9. The zero-order chi connectivity index (χ0) is 17.3. The van der Waals surface area contributed by atoms with E-state index in [1.165, 1.54) is 24.8 Å². The molecule has 5 rings (SSSR count). The molecule has 4 aromatic rings. The summed E-state index contributed by atoms with van der Waals surface area (Å²) in [7, 11) is 0. The summed E-state index contributed by atoms with van der Waals surface area (Å²) in [6, 6.07) is 18.8. The van der Waals surface area contributed by atoms with Crippen molar-refractivity contribution in [3.8, 4) is 0 Å². The van der Waals surface area contributed by atoms with Gasteiger partial charge in [-0.25, -0.2) is 4.98 Å².